The second-order valence-electron chi connectivity index (χ2n) is 9.21. The van der Waals surface area contributed by atoms with Crippen LogP contribution in [-0.2, 0) is 30.8 Å². The van der Waals surface area contributed by atoms with E-state index in [9.17, 15) is 22.8 Å². The highest BCUT2D eigenvalue weighted by atomic mass is 32.2. The summed E-state index contributed by atoms with van der Waals surface area (Å²) >= 11 is 0. The van der Waals surface area contributed by atoms with Crippen molar-refractivity contribution in [3.63, 3.8) is 0 Å². The van der Waals surface area contributed by atoms with E-state index < -0.39 is 27.9 Å². The predicted molar refractivity (Wildman–Crippen MR) is 150 cm³/mol. The van der Waals surface area contributed by atoms with Crippen molar-refractivity contribution in [3.05, 3.63) is 77.9 Å². The van der Waals surface area contributed by atoms with Gasteiger partial charge in [-0.25, -0.2) is 13.3 Å². The number of methoxy groups -OCH3 is 2. The van der Waals surface area contributed by atoms with Gasteiger partial charge in [-0.1, -0.05) is 6.07 Å². The molecule has 212 valence electrons. The van der Waals surface area contributed by atoms with Crippen molar-refractivity contribution < 1.29 is 32.3 Å². The van der Waals surface area contributed by atoms with Crippen LogP contribution in [0.25, 0.3) is 0 Å². The van der Waals surface area contributed by atoms with Gasteiger partial charge in [-0.3, -0.25) is 14.4 Å². The van der Waals surface area contributed by atoms with Crippen molar-refractivity contribution in [2.75, 3.05) is 31.0 Å². The molecule has 1 saturated heterocycles. The Bertz CT molecular complexity index is 1610. The molecule has 4 rings (SSSR count). The van der Waals surface area contributed by atoms with Gasteiger partial charge in [-0.05, 0) is 72.6 Å². The number of hydrogen-bond acceptors (Lipinski definition) is 8. The van der Waals surface area contributed by atoms with E-state index in [-0.39, 0.29) is 35.9 Å². The summed E-state index contributed by atoms with van der Waals surface area (Å²) in [5, 5.41) is 11.7. The number of nitrogens with one attached hydrogen (secondary N) is 1. The smallest absolute Gasteiger partial charge is 0.252 e. The number of carbonyl (C=O) groups excluding carboxylic acids is 3. The summed E-state index contributed by atoms with van der Waals surface area (Å²) in [6.07, 6.45) is -0.146. The molecule has 3 aromatic carbocycles. The van der Waals surface area contributed by atoms with Gasteiger partial charge in [0.25, 0.3) is 5.91 Å². The first-order valence-corrected chi connectivity index (χ1v) is 14.0. The van der Waals surface area contributed by atoms with E-state index in [2.05, 4.69) is 5.32 Å². The lowest BCUT2D eigenvalue weighted by Crippen LogP contribution is -2.46. The minimum absolute atomic E-state index is 0.101. The molecule has 1 unspecified atom stereocenters. The molecule has 12 heteroatoms. The number of amides is 3. The zero-order valence-corrected chi connectivity index (χ0v) is 23.5. The predicted octanol–water partition coefficient (Wildman–Crippen LogP) is 3.10. The van der Waals surface area contributed by atoms with Gasteiger partial charge in [0.1, 0.15) is 6.04 Å². The van der Waals surface area contributed by atoms with Crippen LogP contribution in [-0.4, -0.2) is 57.3 Å². The first-order valence-electron chi connectivity index (χ1n) is 12.6. The third-order valence-electron chi connectivity index (χ3n) is 6.58. The number of benzene rings is 3. The number of rotatable bonds is 10. The Balaban J connectivity index is 1.69. The maximum absolute atomic E-state index is 14.0. The van der Waals surface area contributed by atoms with Gasteiger partial charge < -0.3 is 14.8 Å². The van der Waals surface area contributed by atoms with E-state index >= 15 is 0 Å². The van der Waals surface area contributed by atoms with E-state index in [1.165, 1.54) is 69.7 Å². The summed E-state index contributed by atoms with van der Waals surface area (Å²) in [5.74, 6) is -0.584. The van der Waals surface area contributed by atoms with Crippen molar-refractivity contribution in [2.24, 2.45) is 0 Å². The van der Waals surface area contributed by atoms with Crippen LogP contribution in [0, 0.1) is 11.3 Å². The Kier molecular flexibility index (Phi) is 8.71. The Hall–Kier alpha value is -4.73. The summed E-state index contributed by atoms with van der Waals surface area (Å²) in [6.45, 7) is 1.22. The third kappa shape index (κ3) is 6.21. The van der Waals surface area contributed by atoms with E-state index in [0.29, 0.717) is 22.7 Å². The van der Waals surface area contributed by atoms with Crippen molar-refractivity contribution in [3.8, 4) is 17.6 Å². The molecule has 1 atom stereocenters. The van der Waals surface area contributed by atoms with Crippen LogP contribution in [0.2, 0.25) is 0 Å². The molecule has 1 aliphatic heterocycles. The molecule has 0 aliphatic carbocycles. The molecule has 41 heavy (non-hydrogen) atoms. The second kappa shape index (κ2) is 12.2. The first kappa shape index (κ1) is 29.3. The summed E-state index contributed by atoms with van der Waals surface area (Å²) < 4.78 is 39.6. The lowest BCUT2D eigenvalue weighted by molar-refractivity contribution is -0.122. The Morgan fingerprint density at radius 2 is 1.68 bits per heavy atom. The molecule has 1 N–H and O–H groups in total. The number of imide groups is 1. The lowest BCUT2D eigenvalue weighted by atomic mass is 10.1. The molecule has 11 nitrogen and oxygen atoms in total. The topological polar surface area (TPSA) is 146 Å². The zero-order valence-electron chi connectivity index (χ0n) is 22.7. The van der Waals surface area contributed by atoms with Crippen LogP contribution in [0.5, 0.6) is 11.5 Å². The fourth-order valence-corrected chi connectivity index (χ4v) is 6.15. The average molecular weight is 577 g/mol. The SMILES string of the molecule is COc1ccc(CCN(C2CC(=O)N(c3ccc(C#N)cc3)C2=O)S(=O)(=O)c2ccc(NC(C)=O)cc2)cc1OC. The maximum atomic E-state index is 14.0. The van der Waals surface area contributed by atoms with Crippen molar-refractivity contribution in [1.82, 2.24) is 4.31 Å². The highest BCUT2D eigenvalue weighted by Crippen LogP contribution is 2.32. The lowest BCUT2D eigenvalue weighted by Gasteiger charge is -2.27. The third-order valence-corrected chi connectivity index (χ3v) is 8.50. The molecule has 1 fully saturated rings. The minimum Gasteiger partial charge on any atom is -0.493 e. The molecule has 1 heterocycles. The summed E-state index contributed by atoms with van der Waals surface area (Å²) in [7, 11) is -1.28. The van der Waals surface area contributed by atoms with Crippen LogP contribution in [0.3, 0.4) is 0 Å². The standard InChI is InChI=1S/C29H28N4O7S/c1-19(34)31-22-7-11-24(12-8-22)41(37,38)32(15-14-20-6-13-26(39-2)27(16-20)40-3)25-17-28(35)33(29(25)36)23-9-4-21(18-30)5-10-23/h4-13,16,25H,14-15,17H2,1-3H3,(H,31,34). The molecule has 0 radical (unpaired) electrons. The average Bonchev–Trinajstić information content (AvgIpc) is 3.25. The highest BCUT2D eigenvalue weighted by molar-refractivity contribution is 7.89. The van der Waals surface area contributed by atoms with E-state index in [1.54, 1.807) is 18.2 Å². The largest absolute Gasteiger partial charge is 0.493 e. The first-order chi connectivity index (χ1) is 19.6. The van der Waals surface area contributed by atoms with Crippen LogP contribution in [0.4, 0.5) is 11.4 Å². The van der Waals surface area contributed by atoms with Gasteiger partial charge >= 0.3 is 0 Å². The molecular formula is C29H28N4O7S. The van der Waals surface area contributed by atoms with Gasteiger partial charge in [0, 0.05) is 19.2 Å². The Morgan fingerprint density at radius 1 is 1.02 bits per heavy atom. The number of nitriles is 1. The minimum atomic E-state index is -4.28. The van der Waals surface area contributed by atoms with Crippen molar-refractivity contribution in [1.29, 1.82) is 5.26 Å². The second-order valence-corrected chi connectivity index (χ2v) is 11.1. The monoisotopic (exact) mass is 576 g/mol. The van der Waals surface area contributed by atoms with Crippen LogP contribution < -0.4 is 19.7 Å². The molecule has 1 aliphatic rings. The fourth-order valence-electron chi connectivity index (χ4n) is 4.57. The molecular weight excluding hydrogens is 548 g/mol. The molecule has 0 bridgehead atoms. The van der Waals surface area contributed by atoms with Crippen molar-refractivity contribution in [2.45, 2.75) is 30.7 Å². The molecule has 3 amide bonds. The molecule has 0 spiro atoms. The van der Waals surface area contributed by atoms with Crippen LogP contribution >= 0.6 is 0 Å². The highest BCUT2D eigenvalue weighted by Gasteiger charge is 2.46. The van der Waals surface area contributed by atoms with E-state index in [0.717, 1.165) is 14.8 Å². The number of hydrogen-bond donors (Lipinski definition) is 1. The van der Waals surface area contributed by atoms with E-state index in [1.807, 2.05) is 6.07 Å². The van der Waals surface area contributed by atoms with Gasteiger partial charge in [0.2, 0.25) is 21.8 Å². The summed E-state index contributed by atoms with van der Waals surface area (Å²) in [6, 6.07) is 17.3. The number of sulfonamides is 1. The zero-order chi connectivity index (χ0) is 29.7. The fraction of sp³-hybridized carbons (Fsp3) is 0.241. The number of nitrogens with zero attached hydrogens (tertiary/aromatic N) is 3. The molecule has 0 aromatic heterocycles. The van der Waals surface area contributed by atoms with Crippen LogP contribution in [0.1, 0.15) is 24.5 Å². The van der Waals surface area contributed by atoms with Crippen LogP contribution in [0.15, 0.2) is 71.6 Å². The van der Waals surface area contributed by atoms with Crippen molar-refractivity contribution >= 4 is 39.1 Å². The Morgan fingerprint density at radius 3 is 2.27 bits per heavy atom. The van der Waals surface area contributed by atoms with Gasteiger partial charge in [-0.15, -0.1) is 0 Å². The van der Waals surface area contributed by atoms with Gasteiger partial charge in [0.15, 0.2) is 11.5 Å². The number of anilines is 2. The van der Waals surface area contributed by atoms with E-state index in [4.69, 9.17) is 14.7 Å². The van der Waals surface area contributed by atoms with Gasteiger partial charge in [0.05, 0.1) is 42.9 Å². The molecule has 0 saturated carbocycles. The summed E-state index contributed by atoms with van der Waals surface area (Å²) in [4.78, 5) is 38.9. The Labute approximate surface area is 237 Å². The normalized spacial score (nSPS) is 15.1. The number of carbonyl (C=O) groups is 3. The molecule has 3 aromatic rings. The maximum Gasteiger partial charge on any atom is 0.252 e. The number of ether oxygens (including phenoxy) is 2. The summed E-state index contributed by atoms with van der Waals surface area (Å²) in [5.41, 5.74) is 1.74. The van der Waals surface area contributed by atoms with Gasteiger partial charge in [-0.2, -0.15) is 9.57 Å². The quantitative estimate of drug-likeness (QED) is 0.362.